The van der Waals surface area contributed by atoms with Crippen LogP contribution in [0.3, 0.4) is 0 Å². The number of hydrogen-bond acceptors (Lipinski definition) is 3. The van der Waals surface area contributed by atoms with E-state index in [-0.39, 0.29) is 5.56 Å². The average molecular weight is 303 g/mol. The second-order valence-corrected chi connectivity index (χ2v) is 4.66. The fourth-order valence-electron chi connectivity index (χ4n) is 1.86. The van der Waals surface area contributed by atoms with E-state index in [4.69, 9.17) is 5.11 Å². The number of nitrogens with zero attached hydrogens (tertiary/aromatic N) is 2. The third-order valence-corrected chi connectivity index (χ3v) is 3.32. The summed E-state index contributed by atoms with van der Waals surface area (Å²) < 4.78 is 0.843. The number of benzene rings is 2. The summed E-state index contributed by atoms with van der Waals surface area (Å²) in [6.07, 6.45) is 0. The molecule has 0 spiro atoms. The van der Waals surface area contributed by atoms with E-state index in [2.05, 4.69) is 25.9 Å². The van der Waals surface area contributed by atoms with Crippen molar-refractivity contribution >= 4 is 44.0 Å². The van der Waals surface area contributed by atoms with Crippen LogP contribution in [0.1, 0.15) is 10.4 Å². The summed E-state index contributed by atoms with van der Waals surface area (Å²) in [6, 6.07) is 10.5. The molecule has 4 nitrogen and oxygen atoms in total. The van der Waals surface area contributed by atoms with E-state index in [1.807, 2.05) is 18.2 Å². The molecule has 0 amide bonds. The van der Waals surface area contributed by atoms with Gasteiger partial charge in [-0.05, 0) is 40.2 Å². The number of carbonyl (C=O) groups is 1. The molecule has 18 heavy (non-hydrogen) atoms. The number of aromatic nitrogens is 2. The van der Waals surface area contributed by atoms with Crippen molar-refractivity contribution in [2.45, 2.75) is 0 Å². The Hall–Kier alpha value is -2.01. The van der Waals surface area contributed by atoms with Crippen LogP contribution in [0.4, 0.5) is 0 Å². The third kappa shape index (κ3) is 1.64. The summed E-state index contributed by atoms with van der Waals surface area (Å²) in [6.45, 7) is 0. The van der Waals surface area contributed by atoms with Gasteiger partial charge in [-0.25, -0.2) is 14.8 Å². The molecule has 5 heteroatoms. The Labute approximate surface area is 110 Å². The highest BCUT2D eigenvalue weighted by Crippen LogP contribution is 2.24. The van der Waals surface area contributed by atoms with Gasteiger partial charge in [-0.2, -0.15) is 0 Å². The van der Waals surface area contributed by atoms with Gasteiger partial charge in [-0.1, -0.05) is 12.1 Å². The fourth-order valence-corrected chi connectivity index (χ4v) is 2.30. The molecule has 1 aromatic heterocycles. The number of halogens is 1. The van der Waals surface area contributed by atoms with Crippen molar-refractivity contribution in [3.8, 4) is 0 Å². The number of aromatic carboxylic acids is 1. The molecule has 0 bridgehead atoms. The Morgan fingerprint density at radius 3 is 2.33 bits per heavy atom. The Morgan fingerprint density at radius 2 is 1.61 bits per heavy atom. The van der Waals surface area contributed by atoms with E-state index in [9.17, 15) is 4.79 Å². The number of para-hydroxylation sites is 2. The Kier molecular flexibility index (Phi) is 2.48. The second-order valence-electron chi connectivity index (χ2n) is 3.81. The molecule has 1 heterocycles. The molecule has 0 radical (unpaired) electrons. The summed E-state index contributed by atoms with van der Waals surface area (Å²) in [7, 11) is 0. The van der Waals surface area contributed by atoms with Crippen LogP contribution in [-0.2, 0) is 0 Å². The normalized spacial score (nSPS) is 10.9. The monoisotopic (exact) mass is 302 g/mol. The molecule has 3 rings (SSSR count). The first-order valence-corrected chi connectivity index (χ1v) is 6.04. The summed E-state index contributed by atoms with van der Waals surface area (Å²) in [5, 5.41) is 9.13. The summed E-state index contributed by atoms with van der Waals surface area (Å²) in [5.74, 6) is -0.996. The Morgan fingerprint density at radius 1 is 1.00 bits per heavy atom. The zero-order valence-electron chi connectivity index (χ0n) is 9.09. The molecule has 0 saturated heterocycles. The van der Waals surface area contributed by atoms with Crippen LogP contribution in [0, 0.1) is 0 Å². The standard InChI is InChI=1S/C13H7BrN2O2/c14-8-4-2-6-10-12(8)16-9-5-1-3-7(13(17)18)11(9)15-10/h1-6H,(H,17,18). The third-order valence-electron chi connectivity index (χ3n) is 2.68. The first kappa shape index (κ1) is 11.1. The van der Waals surface area contributed by atoms with Gasteiger partial charge < -0.3 is 5.11 Å². The highest BCUT2D eigenvalue weighted by Gasteiger charge is 2.12. The van der Waals surface area contributed by atoms with Gasteiger partial charge in [0.1, 0.15) is 11.0 Å². The van der Waals surface area contributed by atoms with Crippen molar-refractivity contribution in [2.75, 3.05) is 0 Å². The molecule has 0 fully saturated rings. The summed E-state index contributed by atoms with van der Waals surface area (Å²) >= 11 is 3.41. The molecule has 88 valence electrons. The SMILES string of the molecule is O=C(O)c1cccc2nc3c(Br)cccc3nc12. The van der Waals surface area contributed by atoms with E-state index in [1.165, 1.54) is 6.07 Å². The molecule has 0 atom stereocenters. The quantitative estimate of drug-likeness (QED) is 0.701. The summed E-state index contributed by atoms with van der Waals surface area (Å²) in [5.41, 5.74) is 2.56. The number of carboxylic acid groups (broad SMARTS) is 1. The number of hydrogen-bond donors (Lipinski definition) is 1. The fraction of sp³-hybridized carbons (Fsp3) is 0. The van der Waals surface area contributed by atoms with Crippen molar-refractivity contribution in [1.82, 2.24) is 9.97 Å². The lowest BCUT2D eigenvalue weighted by Crippen LogP contribution is -2.00. The van der Waals surface area contributed by atoms with Crippen molar-refractivity contribution in [2.24, 2.45) is 0 Å². The van der Waals surface area contributed by atoms with Gasteiger partial charge in [0.05, 0.1) is 16.6 Å². The molecular formula is C13H7BrN2O2. The van der Waals surface area contributed by atoms with Gasteiger partial charge in [-0.3, -0.25) is 0 Å². The Balaban J connectivity index is 2.49. The lowest BCUT2D eigenvalue weighted by atomic mass is 10.1. The minimum atomic E-state index is -0.996. The van der Waals surface area contributed by atoms with Gasteiger partial charge in [0.15, 0.2) is 0 Å². The van der Waals surface area contributed by atoms with Crippen LogP contribution in [0.2, 0.25) is 0 Å². The lowest BCUT2D eigenvalue weighted by Gasteiger charge is -2.04. The molecule has 0 aliphatic carbocycles. The molecule has 0 aliphatic heterocycles. The van der Waals surface area contributed by atoms with Crippen LogP contribution < -0.4 is 0 Å². The van der Waals surface area contributed by atoms with Crippen molar-refractivity contribution in [3.63, 3.8) is 0 Å². The molecule has 0 unspecified atom stereocenters. The predicted octanol–water partition coefficient (Wildman–Crippen LogP) is 3.24. The molecule has 0 saturated carbocycles. The van der Waals surface area contributed by atoms with Crippen molar-refractivity contribution in [1.29, 1.82) is 0 Å². The Bertz CT molecular complexity index is 786. The number of fused-ring (bicyclic) bond motifs is 2. The maximum Gasteiger partial charge on any atom is 0.337 e. The highest BCUT2D eigenvalue weighted by atomic mass is 79.9. The van der Waals surface area contributed by atoms with E-state index >= 15 is 0 Å². The minimum absolute atomic E-state index is 0.168. The zero-order chi connectivity index (χ0) is 12.7. The van der Waals surface area contributed by atoms with Crippen LogP contribution >= 0.6 is 15.9 Å². The van der Waals surface area contributed by atoms with Gasteiger partial charge in [-0.15, -0.1) is 0 Å². The van der Waals surface area contributed by atoms with Gasteiger partial charge in [0.2, 0.25) is 0 Å². The average Bonchev–Trinajstić information content (AvgIpc) is 2.36. The maximum atomic E-state index is 11.1. The molecule has 2 aromatic carbocycles. The van der Waals surface area contributed by atoms with Gasteiger partial charge >= 0.3 is 5.97 Å². The zero-order valence-corrected chi connectivity index (χ0v) is 10.7. The van der Waals surface area contributed by atoms with Crippen molar-refractivity contribution < 1.29 is 9.90 Å². The largest absolute Gasteiger partial charge is 0.478 e. The second kappa shape index (κ2) is 4.03. The minimum Gasteiger partial charge on any atom is -0.478 e. The van der Waals surface area contributed by atoms with E-state index in [0.29, 0.717) is 16.6 Å². The van der Waals surface area contributed by atoms with E-state index in [1.54, 1.807) is 12.1 Å². The van der Waals surface area contributed by atoms with Crippen molar-refractivity contribution in [3.05, 3.63) is 46.4 Å². The lowest BCUT2D eigenvalue weighted by molar-refractivity contribution is 0.0699. The van der Waals surface area contributed by atoms with Crippen LogP contribution in [0.25, 0.3) is 22.1 Å². The highest BCUT2D eigenvalue weighted by molar-refractivity contribution is 9.10. The maximum absolute atomic E-state index is 11.1. The smallest absolute Gasteiger partial charge is 0.337 e. The molecule has 0 aliphatic rings. The predicted molar refractivity (Wildman–Crippen MR) is 71.7 cm³/mol. The van der Waals surface area contributed by atoms with Crippen LogP contribution in [0.15, 0.2) is 40.9 Å². The topological polar surface area (TPSA) is 63.1 Å². The van der Waals surface area contributed by atoms with Gasteiger partial charge in [0, 0.05) is 4.47 Å². The number of rotatable bonds is 1. The first-order valence-electron chi connectivity index (χ1n) is 5.25. The number of carboxylic acids is 1. The van der Waals surface area contributed by atoms with Crippen LogP contribution in [0.5, 0.6) is 0 Å². The molecular weight excluding hydrogens is 296 g/mol. The van der Waals surface area contributed by atoms with E-state index < -0.39 is 5.97 Å². The van der Waals surface area contributed by atoms with Gasteiger partial charge in [0.25, 0.3) is 0 Å². The summed E-state index contributed by atoms with van der Waals surface area (Å²) in [4.78, 5) is 20.0. The first-order chi connectivity index (χ1) is 8.66. The van der Waals surface area contributed by atoms with Crippen LogP contribution in [-0.4, -0.2) is 21.0 Å². The molecule has 1 N–H and O–H groups in total. The van der Waals surface area contributed by atoms with E-state index in [0.717, 1.165) is 9.99 Å². The molecule has 3 aromatic rings.